The molecule has 168 valence electrons. The molecule has 2 heterocycles. The van der Waals surface area contributed by atoms with Crippen LogP contribution in [0.15, 0.2) is 53.4 Å². The number of rotatable bonds is 4. The van der Waals surface area contributed by atoms with Gasteiger partial charge in [0.15, 0.2) is 0 Å². The molecule has 7 nitrogen and oxygen atoms in total. The molecule has 0 radical (unpaired) electrons. The summed E-state index contributed by atoms with van der Waals surface area (Å²) in [5, 5.41) is 4.52. The molecule has 0 N–H and O–H groups in total. The standard InChI is InChI=1S/C21H19ClF2N4O3S/c1-14-19(20(22)28(25-14)16-5-3-2-4-6-16)21(29)26-9-11-27(12-10-26)32(30,31)18-13-15(23)7-8-17(18)24/h2-8,13H,9-12H2,1H3. The van der Waals surface area contributed by atoms with Gasteiger partial charge in [-0.2, -0.15) is 9.40 Å². The van der Waals surface area contributed by atoms with E-state index in [1.54, 1.807) is 6.92 Å². The summed E-state index contributed by atoms with van der Waals surface area (Å²) in [6, 6.07) is 11.4. The number of sulfonamides is 1. The molecule has 1 aliphatic rings. The topological polar surface area (TPSA) is 75.5 Å². The quantitative estimate of drug-likeness (QED) is 0.574. The van der Waals surface area contributed by atoms with Gasteiger partial charge in [-0.05, 0) is 37.3 Å². The molecule has 0 unspecified atom stereocenters. The van der Waals surface area contributed by atoms with Gasteiger partial charge in [0.2, 0.25) is 10.0 Å². The zero-order chi connectivity index (χ0) is 23.0. The van der Waals surface area contributed by atoms with Crippen LogP contribution in [0.1, 0.15) is 16.1 Å². The summed E-state index contributed by atoms with van der Waals surface area (Å²) < 4.78 is 55.5. The van der Waals surface area contributed by atoms with E-state index in [1.165, 1.54) is 9.58 Å². The van der Waals surface area contributed by atoms with Gasteiger partial charge in [-0.25, -0.2) is 21.9 Å². The first-order chi connectivity index (χ1) is 15.2. The van der Waals surface area contributed by atoms with E-state index in [0.29, 0.717) is 17.4 Å². The molecule has 4 rings (SSSR count). The number of carbonyl (C=O) groups excluding carboxylic acids is 1. The molecule has 1 saturated heterocycles. The van der Waals surface area contributed by atoms with Gasteiger partial charge in [0.1, 0.15) is 21.7 Å². The summed E-state index contributed by atoms with van der Waals surface area (Å²) in [6.07, 6.45) is 0. The van der Waals surface area contributed by atoms with Crippen LogP contribution in [0.2, 0.25) is 5.15 Å². The lowest BCUT2D eigenvalue weighted by molar-refractivity contribution is 0.0697. The van der Waals surface area contributed by atoms with E-state index in [1.807, 2.05) is 30.3 Å². The highest BCUT2D eigenvalue weighted by atomic mass is 35.5. The third-order valence-electron chi connectivity index (χ3n) is 5.26. The Morgan fingerprint density at radius 1 is 1.03 bits per heavy atom. The van der Waals surface area contributed by atoms with E-state index in [2.05, 4.69) is 5.10 Å². The fourth-order valence-corrected chi connectivity index (χ4v) is 5.44. The summed E-state index contributed by atoms with van der Waals surface area (Å²) in [4.78, 5) is 13.9. The molecule has 0 atom stereocenters. The average Bonchev–Trinajstić information content (AvgIpc) is 3.09. The summed E-state index contributed by atoms with van der Waals surface area (Å²) >= 11 is 6.46. The number of amides is 1. The number of carbonyl (C=O) groups is 1. The van der Waals surface area contributed by atoms with Gasteiger partial charge >= 0.3 is 0 Å². The van der Waals surface area contributed by atoms with Crippen LogP contribution in [0.4, 0.5) is 8.78 Å². The summed E-state index contributed by atoms with van der Waals surface area (Å²) in [7, 11) is -4.24. The fraction of sp³-hybridized carbons (Fsp3) is 0.238. The van der Waals surface area contributed by atoms with Gasteiger partial charge in [0, 0.05) is 26.2 Å². The molecule has 11 heteroatoms. The second kappa shape index (κ2) is 8.61. The highest BCUT2D eigenvalue weighted by Gasteiger charge is 2.34. The van der Waals surface area contributed by atoms with E-state index in [-0.39, 0.29) is 42.8 Å². The SMILES string of the molecule is Cc1nn(-c2ccccc2)c(Cl)c1C(=O)N1CCN(S(=O)(=O)c2cc(F)ccc2F)CC1. The fourth-order valence-electron chi connectivity index (χ4n) is 3.59. The molecular formula is C21H19ClF2N4O3S. The number of hydrogen-bond donors (Lipinski definition) is 0. The third kappa shape index (κ3) is 4.01. The van der Waals surface area contributed by atoms with Crippen LogP contribution in [-0.2, 0) is 10.0 Å². The maximum Gasteiger partial charge on any atom is 0.259 e. The van der Waals surface area contributed by atoms with E-state index in [9.17, 15) is 22.0 Å². The molecule has 0 spiro atoms. The van der Waals surface area contributed by atoms with Crippen molar-refractivity contribution in [1.82, 2.24) is 19.0 Å². The Balaban J connectivity index is 1.52. The molecule has 2 aromatic carbocycles. The summed E-state index contributed by atoms with van der Waals surface area (Å²) in [5.74, 6) is -2.25. The smallest absolute Gasteiger partial charge is 0.259 e. The van der Waals surface area contributed by atoms with Crippen molar-refractivity contribution in [3.05, 3.63) is 76.6 Å². The minimum atomic E-state index is -4.24. The summed E-state index contributed by atoms with van der Waals surface area (Å²) in [5.41, 5.74) is 1.39. The van der Waals surface area contributed by atoms with E-state index in [0.717, 1.165) is 16.4 Å². The van der Waals surface area contributed by atoms with Crippen LogP contribution in [0, 0.1) is 18.6 Å². The number of piperazine rings is 1. The Labute approximate surface area is 188 Å². The number of aryl methyl sites for hydroxylation is 1. The van der Waals surface area contributed by atoms with Crippen LogP contribution < -0.4 is 0 Å². The molecule has 0 saturated carbocycles. The second-order valence-corrected chi connectivity index (χ2v) is 9.53. The van der Waals surface area contributed by atoms with Gasteiger partial charge in [-0.15, -0.1) is 0 Å². The van der Waals surface area contributed by atoms with Crippen LogP contribution >= 0.6 is 11.6 Å². The average molecular weight is 481 g/mol. The van der Waals surface area contributed by atoms with E-state index in [4.69, 9.17) is 11.6 Å². The molecular weight excluding hydrogens is 462 g/mol. The van der Waals surface area contributed by atoms with Crippen molar-refractivity contribution in [3.63, 3.8) is 0 Å². The molecule has 1 aromatic heterocycles. The number of benzene rings is 2. The Bertz CT molecular complexity index is 1270. The Hall–Kier alpha value is -2.82. The Morgan fingerprint density at radius 2 is 1.69 bits per heavy atom. The first-order valence-electron chi connectivity index (χ1n) is 9.75. The van der Waals surface area contributed by atoms with Gasteiger partial charge in [0.05, 0.1) is 16.9 Å². The third-order valence-corrected chi connectivity index (χ3v) is 7.52. The van der Waals surface area contributed by atoms with Crippen molar-refractivity contribution < 1.29 is 22.0 Å². The minimum Gasteiger partial charge on any atom is -0.336 e. The zero-order valence-corrected chi connectivity index (χ0v) is 18.6. The first kappa shape index (κ1) is 22.4. The van der Waals surface area contributed by atoms with Crippen molar-refractivity contribution in [3.8, 4) is 5.69 Å². The Kier molecular flexibility index (Phi) is 6.02. The number of nitrogens with zero attached hydrogens (tertiary/aromatic N) is 4. The van der Waals surface area contributed by atoms with Gasteiger partial charge in [-0.3, -0.25) is 4.79 Å². The molecule has 3 aromatic rings. The number of halogens is 3. The lowest BCUT2D eigenvalue weighted by Crippen LogP contribution is -2.50. The lowest BCUT2D eigenvalue weighted by atomic mass is 10.2. The van der Waals surface area contributed by atoms with Crippen molar-refractivity contribution in [2.24, 2.45) is 0 Å². The molecule has 1 amide bonds. The minimum absolute atomic E-state index is 0.0620. The predicted molar refractivity (Wildman–Crippen MR) is 114 cm³/mol. The van der Waals surface area contributed by atoms with Crippen molar-refractivity contribution >= 4 is 27.5 Å². The molecule has 0 aliphatic carbocycles. The molecule has 1 aliphatic heterocycles. The van der Waals surface area contributed by atoms with Crippen molar-refractivity contribution in [2.75, 3.05) is 26.2 Å². The number of aromatic nitrogens is 2. The second-order valence-electron chi connectivity index (χ2n) is 7.27. The van der Waals surface area contributed by atoms with E-state index >= 15 is 0 Å². The zero-order valence-electron chi connectivity index (χ0n) is 17.0. The van der Waals surface area contributed by atoms with Crippen molar-refractivity contribution in [1.29, 1.82) is 0 Å². The maximum absolute atomic E-state index is 14.0. The lowest BCUT2D eigenvalue weighted by Gasteiger charge is -2.34. The van der Waals surface area contributed by atoms with Crippen LogP contribution in [0.5, 0.6) is 0 Å². The van der Waals surface area contributed by atoms with Gasteiger partial charge in [0.25, 0.3) is 5.91 Å². The van der Waals surface area contributed by atoms with Gasteiger partial charge < -0.3 is 4.90 Å². The maximum atomic E-state index is 14.0. The molecule has 1 fully saturated rings. The predicted octanol–water partition coefficient (Wildman–Crippen LogP) is 3.26. The molecule has 0 bridgehead atoms. The molecule has 32 heavy (non-hydrogen) atoms. The number of hydrogen-bond acceptors (Lipinski definition) is 4. The van der Waals surface area contributed by atoms with Crippen LogP contribution in [-0.4, -0.2) is 59.5 Å². The monoisotopic (exact) mass is 480 g/mol. The normalized spacial score (nSPS) is 15.2. The largest absolute Gasteiger partial charge is 0.336 e. The highest BCUT2D eigenvalue weighted by Crippen LogP contribution is 2.26. The van der Waals surface area contributed by atoms with Crippen LogP contribution in [0.25, 0.3) is 5.69 Å². The number of para-hydroxylation sites is 1. The summed E-state index contributed by atoms with van der Waals surface area (Å²) in [6.45, 7) is 1.69. The van der Waals surface area contributed by atoms with E-state index < -0.39 is 26.6 Å². The van der Waals surface area contributed by atoms with Crippen molar-refractivity contribution in [2.45, 2.75) is 11.8 Å². The first-order valence-corrected chi connectivity index (χ1v) is 11.6. The highest BCUT2D eigenvalue weighted by molar-refractivity contribution is 7.89. The van der Waals surface area contributed by atoms with Gasteiger partial charge in [-0.1, -0.05) is 29.8 Å². The van der Waals surface area contributed by atoms with Crippen LogP contribution in [0.3, 0.4) is 0 Å². The Morgan fingerprint density at radius 3 is 2.34 bits per heavy atom.